The van der Waals surface area contributed by atoms with Crippen molar-refractivity contribution in [2.45, 2.75) is 6.92 Å². The van der Waals surface area contributed by atoms with E-state index >= 15 is 0 Å². The maximum Gasteiger partial charge on any atom is 0.263 e. The molecule has 0 saturated heterocycles. The van der Waals surface area contributed by atoms with E-state index in [1.807, 2.05) is 25.1 Å². The first-order chi connectivity index (χ1) is 9.13. The van der Waals surface area contributed by atoms with Gasteiger partial charge in [-0.25, -0.2) is 0 Å². The molecule has 2 aromatic rings. The SMILES string of the molecule is CCOCCNC(=O)c1sc2ccc(Br)cc2c1N. The Labute approximate surface area is 124 Å². The van der Waals surface area contributed by atoms with Crippen molar-refractivity contribution in [3.05, 3.63) is 27.5 Å². The number of carbonyl (C=O) groups is 1. The zero-order valence-electron chi connectivity index (χ0n) is 10.5. The summed E-state index contributed by atoms with van der Waals surface area (Å²) in [6, 6.07) is 5.82. The molecule has 0 atom stereocenters. The number of carbonyl (C=O) groups excluding carboxylic acids is 1. The Balaban J connectivity index is 2.16. The maximum atomic E-state index is 12.0. The normalized spacial score (nSPS) is 10.8. The monoisotopic (exact) mass is 342 g/mol. The summed E-state index contributed by atoms with van der Waals surface area (Å²) in [4.78, 5) is 12.6. The molecule has 0 radical (unpaired) electrons. The molecular weight excluding hydrogens is 328 g/mol. The molecule has 0 unspecified atom stereocenters. The lowest BCUT2D eigenvalue weighted by molar-refractivity contribution is 0.0927. The highest BCUT2D eigenvalue weighted by Gasteiger charge is 2.15. The lowest BCUT2D eigenvalue weighted by Gasteiger charge is -2.04. The molecule has 102 valence electrons. The number of rotatable bonds is 5. The molecule has 0 aliphatic carbocycles. The number of amides is 1. The van der Waals surface area contributed by atoms with Crippen LogP contribution >= 0.6 is 27.3 Å². The molecular formula is C13H15BrN2O2S. The molecule has 1 aromatic carbocycles. The predicted octanol–water partition coefficient (Wildman–Crippen LogP) is 3.01. The van der Waals surface area contributed by atoms with Gasteiger partial charge in [0.25, 0.3) is 5.91 Å². The Bertz CT molecular complexity index is 598. The van der Waals surface area contributed by atoms with Crippen molar-refractivity contribution in [3.63, 3.8) is 0 Å². The van der Waals surface area contributed by atoms with E-state index in [-0.39, 0.29) is 5.91 Å². The first kappa shape index (κ1) is 14.3. The standard InChI is InChI=1S/C13H15BrN2O2S/c1-2-18-6-5-16-13(17)12-11(15)9-7-8(14)3-4-10(9)19-12/h3-4,7H,2,5-6,15H2,1H3,(H,16,17). The zero-order chi connectivity index (χ0) is 13.8. The van der Waals surface area contributed by atoms with Crippen LogP contribution in [-0.2, 0) is 4.74 Å². The fraction of sp³-hybridized carbons (Fsp3) is 0.308. The van der Waals surface area contributed by atoms with E-state index in [1.165, 1.54) is 11.3 Å². The number of fused-ring (bicyclic) bond motifs is 1. The van der Waals surface area contributed by atoms with Crippen molar-refractivity contribution >= 4 is 48.9 Å². The molecule has 6 heteroatoms. The van der Waals surface area contributed by atoms with Crippen LogP contribution < -0.4 is 11.1 Å². The third-order valence-electron chi connectivity index (χ3n) is 2.63. The number of benzene rings is 1. The molecule has 0 saturated carbocycles. The summed E-state index contributed by atoms with van der Waals surface area (Å²) >= 11 is 4.81. The van der Waals surface area contributed by atoms with Gasteiger partial charge in [0.2, 0.25) is 0 Å². The van der Waals surface area contributed by atoms with Gasteiger partial charge in [-0.05, 0) is 25.1 Å². The molecule has 0 fully saturated rings. The van der Waals surface area contributed by atoms with Crippen LogP contribution in [-0.4, -0.2) is 25.7 Å². The molecule has 0 bridgehead atoms. The van der Waals surface area contributed by atoms with Gasteiger partial charge in [-0.1, -0.05) is 15.9 Å². The Hall–Kier alpha value is -1.11. The highest BCUT2D eigenvalue weighted by molar-refractivity contribution is 9.10. The summed E-state index contributed by atoms with van der Waals surface area (Å²) in [5, 5.41) is 3.72. The second kappa shape index (κ2) is 6.36. The molecule has 1 aromatic heterocycles. The average Bonchev–Trinajstić information content (AvgIpc) is 2.72. The molecule has 1 heterocycles. The van der Waals surface area contributed by atoms with Gasteiger partial charge in [0.15, 0.2) is 0 Å². The number of nitrogens with two attached hydrogens (primary N) is 1. The van der Waals surface area contributed by atoms with E-state index in [0.29, 0.717) is 30.3 Å². The maximum absolute atomic E-state index is 12.0. The number of nitrogen functional groups attached to an aromatic ring is 1. The summed E-state index contributed by atoms with van der Waals surface area (Å²) < 4.78 is 7.14. The van der Waals surface area contributed by atoms with Crippen LogP contribution in [0.25, 0.3) is 10.1 Å². The van der Waals surface area contributed by atoms with Crippen LogP contribution in [0, 0.1) is 0 Å². The van der Waals surface area contributed by atoms with Gasteiger partial charge in [0.05, 0.1) is 12.3 Å². The van der Waals surface area contributed by atoms with E-state index in [1.54, 1.807) is 0 Å². The van der Waals surface area contributed by atoms with Gasteiger partial charge in [-0.3, -0.25) is 4.79 Å². The summed E-state index contributed by atoms with van der Waals surface area (Å²) in [5.41, 5.74) is 6.57. The highest BCUT2D eigenvalue weighted by atomic mass is 79.9. The van der Waals surface area contributed by atoms with Gasteiger partial charge < -0.3 is 15.8 Å². The average molecular weight is 343 g/mol. The molecule has 0 spiro atoms. The van der Waals surface area contributed by atoms with Crippen LogP contribution in [0.2, 0.25) is 0 Å². The number of nitrogens with one attached hydrogen (secondary N) is 1. The number of hydrogen-bond donors (Lipinski definition) is 2. The number of halogens is 1. The smallest absolute Gasteiger partial charge is 0.263 e. The van der Waals surface area contributed by atoms with Crippen molar-refractivity contribution in [3.8, 4) is 0 Å². The Morgan fingerprint density at radius 2 is 2.32 bits per heavy atom. The highest BCUT2D eigenvalue weighted by Crippen LogP contribution is 2.35. The minimum Gasteiger partial charge on any atom is -0.397 e. The Morgan fingerprint density at radius 1 is 1.53 bits per heavy atom. The predicted molar refractivity (Wildman–Crippen MR) is 82.8 cm³/mol. The lowest BCUT2D eigenvalue weighted by Crippen LogP contribution is -2.27. The van der Waals surface area contributed by atoms with Crippen LogP contribution in [0.1, 0.15) is 16.6 Å². The van der Waals surface area contributed by atoms with Gasteiger partial charge in [0.1, 0.15) is 4.88 Å². The summed E-state index contributed by atoms with van der Waals surface area (Å²) in [6.45, 7) is 3.57. The van der Waals surface area contributed by atoms with Crippen LogP contribution in [0.4, 0.5) is 5.69 Å². The lowest BCUT2D eigenvalue weighted by atomic mass is 10.2. The van der Waals surface area contributed by atoms with Crippen molar-refractivity contribution in [2.24, 2.45) is 0 Å². The Morgan fingerprint density at radius 3 is 3.05 bits per heavy atom. The first-order valence-electron chi connectivity index (χ1n) is 5.97. The van der Waals surface area contributed by atoms with Gasteiger partial charge in [-0.2, -0.15) is 0 Å². The van der Waals surface area contributed by atoms with Crippen LogP contribution in [0.5, 0.6) is 0 Å². The Kier molecular flexibility index (Phi) is 4.79. The molecule has 19 heavy (non-hydrogen) atoms. The minimum absolute atomic E-state index is 0.144. The van der Waals surface area contributed by atoms with E-state index in [0.717, 1.165) is 14.6 Å². The van der Waals surface area contributed by atoms with Crippen molar-refractivity contribution in [1.82, 2.24) is 5.32 Å². The summed E-state index contributed by atoms with van der Waals surface area (Å²) in [6.07, 6.45) is 0. The van der Waals surface area contributed by atoms with Crippen LogP contribution in [0.3, 0.4) is 0 Å². The summed E-state index contributed by atoms with van der Waals surface area (Å²) in [7, 11) is 0. The molecule has 3 N–H and O–H groups in total. The number of hydrogen-bond acceptors (Lipinski definition) is 4. The largest absolute Gasteiger partial charge is 0.397 e. The van der Waals surface area contributed by atoms with E-state index < -0.39 is 0 Å². The topological polar surface area (TPSA) is 64.3 Å². The third-order valence-corrected chi connectivity index (χ3v) is 4.31. The summed E-state index contributed by atoms with van der Waals surface area (Å²) in [5.74, 6) is -0.144. The first-order valence-corrected chi connectivity index (χ1v) is 7.58. The quantitative estimate of drug-likeness (QED) is 0.821. The molecule has 0 aliphatic rings. The second-order valence-corrected chi connectivity index (χ2v) is 5.91. The zero-order valence-corrected chi connectivity index (χ0v) is 12.9. The molecule has 0 aliphatic heterocycles. The van der Waals surface area contributed by atoms with Gasteiger partial charge in [-0.15, -0.1) is 11.3 Å². The van der Waals surface area contributed by atoms with Crippen molar-refractivity contribution < 1.29 is 9.53 Å². The number of anilines is 1. The minimum atomic E-state index is -0.144. The van der Waals surface area contributed by atoms with Crippen LogP contribution in [0.15, 0.2) is 22.7 Å². The van der Waals surface area contributed by atoms with Gasteiger partial charge >= 0.3 is 0 Å². The number of ether oxygens (including phenoxy) is 1. The number of thiophene rings is 1. The van der Waals surface area contributed by atoms with E-state index in [4.69, 9.17) is 10.5 Å². The second-order valence-electron chi connectivity index (χ2n) is 3.94. The molecule has 4 nitrogen and oxygen atoms in total. The fourth-order valence-electron chi connectivity index (χ4n) is 1.72. The molecule has 2 rings (SSSR count). The van der Waals surface area contributed by atoms with Crippen molar-refractivity contribution in [2.75, 3.05) is 25.5 Å². The van der Waals surface area contributed by atoms with E-state index in [9.17, 15) is 4.79 Å². The fourth-order valence-corrected chi connectivity index (χ4v) is 3.10. The van der Waals surface area contributed by atoms with Gasteiger partial charge in [0, 0.05) is 27.7 Å². The third kappa shape index (κ3) is 3.26. The van der Waals surface area contributed by atoms with Crippen molar-refractivity contribution in [1.29, 1.82) is 0 Å². The van der Waals surface area contributed by atoms with E-state index in [2.05, 4.69) is 21.2 Å². The molecule has 1 amide bonds.